The standard InChI is InChI=1S/C28H18N2O4/c1-4-18-19(5-2)27-21(8-7-9-26(27)33-16-10-12-24(31)22(29)14-16)28(20(18)6-3)34-17-11-13-25(32)23(30)15-17/h1-3,7-15,31-32H,29-30H2. The molecule has 0 aliphatic carbocycles. The average Bonchev–Trinajstić information content (AvgIpc) is 2.83. The molecule has 0 atom stereocenters. The monoisotopic (exact) mass is 446 g/mol. The third kappa shape index (κ3) is 3.71. The van der Waals surface area contributed by atoms with Gasteiger partial charge >= 0.3 is 0 Å². The van der Waals surface area contributed by atoms with Crippen molar-refractivity contribution >= 4 is 22.1 Å². The lowest BCUT2D eigenvalue weighted by Gasteiger charge is -2.18. The molecule has 0 aromatic heterocycles. The summed E-state index contributed by atoms with van der Waals surface area (Å²) in [5.41, 5.74) is 12.9. The summed E-state index contributed by atoms with van der Waals surface area (Å²) in [7, 11) is 0. The van der Waals surface area contributed by atoms with Gasteiger partial charge in [-0.2, -0.15) is 0 Å². The second kappa shape index (κ2) is 8.63. The van der Waals surface area contributed by atoms with Crippen molar-refractivity contribution in [2.24, 2.45) is 0 Å². The molecule has 0 amide bonds. The molecule has 0 aliphatic rings. The number of benzene rings is 4. The average molecular weight is 446 g/mol. The Bertz CT molecular complexity index is 1580. The highest BCUT2D eigenvalue weighted by molar-refractivity contribution is 6.02. The van der Waals surface area contributed by atoms with Crippen LogP contribution in [0.5, 0.6) is 34.5 Å². The van der Waals surface area contributed by atoms with Gasteiger partial charge in [0.1, 0.15) is 28.7 Å². The van der Waals surface area contributed by atoms with Crippen molar-refractivity contribution in [2.45, 2.75) is 0 Å². The summed E-state index contributed by atoms with van der Waals surface area (Å²) in [4.78, 5) is 0. The largest absolute Gasteiger partial charge is 0.506 e. The van der Waals surface area contributed by atoms with Gasteiger partial charge < -0.3 is 31.2 Å². The van der Waals surface area contributed by atoms with Crippen molar-refractivity contribution < 1.29 is 19.7 Å². The van der Waals surface area contributed by atoms with E-state index >= 15 is 0 Å². The molecule has 0 bridgehead atoms. The molecule has 0 saturated carbocycles. The normalized spacial score (nSPS) is 10.1. The smallest absolute Gasteiger partial charge is 0.152 e. The Morgan fingerprint density at radius 2 is 1.24 bits per heavy atom. The Balaban J connectivity index is 2.00. The maximum absolute atomic E-state index is 9.74. The molecule has 34 heavy (non-hydrogen) atoms. The number of hydrogen-bond donors (Lipinski definition) is 4. The van der Waals surface area contributed by atoms with Gasteiger partial charge in [-0.3, -0.25) is 0 Å². The van der Waals surface area contributed by atoms with Crippen molar-refractivity contribution in [3.8, 4) is 71.5 Å². The lowest BCUT2D eigenvalue weighted by molar-refractivity contribution is 0.466. The summed E-state index contributed by atoms with van der Waals surface area (Å²) in [5.74, 6) is 9.02. The fourth-order valence-electron chi connectivity index (χ4n) is 3.53. The Hall–Kier alpha value is -5.38. The molecule has 6 nitrogen and oxygen atoms in total. The van der Waals surface area contributed by atoms with Gasteiger partial charge in [0.05, 0.1) is 28.1 Å². The van der Waals surface area contributed by atoms with Crippen LogP contribution in [0.3, 0.4) is 0 Å². The lowest BCUT2D eigenvalue weighted by atomic mass is 9.93. The number of fused-ring (bicyclic) bond motifs is 1. The van der Waals surface area contributed by atoms with Gasteiger partial charge in [0.15, 0.2) is 5.75 Å². The van der Waals surface area contributed by atoms with Crippen LogP contribution in [0.25, 0.3) is 10.8 Å². The molecule has 0 unspecified atom stereocenters. The van der Waals surface area contributed by atoms with E-state index in [9.17, 15) is 10.2 Å². The first kappa shape index (κ1) is 21.8. The van der Waals surface area contributed by atoms with E-state index in [1.165, 1.54) is 24.3 Å². The summed E-state index contributed by atoms with van der Waals surface area (Å²) >= 11 is 0. The zero-order valence-electron chi connectivity index (χ0n) is 17.8. The molecule has 0 fully saturated rings. The molecule has 4 aromatic rings. The van der Waals surface area contributed by atoms with Gasteiger partial charge in [0.2, 0.25) is 0 Å². The van der Waals surface area contributed by atoms with Gasteiger partial charge in [0.25, 0.3) is 0 Å². The fraction of sp³-hybridized carbons (Fsp3) is 0. The number of nitrogens with two attached hydrogens (primary N) is 2. The molecule has 4 rings (SSSR count). The van der Waals surface area contributed by atoms with E-state index in [1.807, 2.05) is 0 Å². The maximum Gasteiger partial charge on any atom is 0.152 e. The van der Waals surface area contributed by atoms with E-state index in [4.69, 9.17) is 40.2 Å². The van der Waals surface area contributed by atoms with Gasteiger partial charge in [-0.05, 0) is 30.3 Å². The number of nitrogen functional groups attached to an aromatic ring is 2. The molecule has 0 saturated heterocycles. The summed E-state index contributed by atoms with van der Waals surface area (Å²) < 4.78 is 12.2. The van der Waals surface area contributed by atoms with Crippen molar-refractivity contribution in [1.82, 2.24) is 0 Å². The van der Waals surface area contributed by atoms with Crippen molar-refractivity contribution in [2.75, 3.05) is 11.5 Å². The van der Waals surface area contributed by atoms with E-state index in [2.05, 4.69) is 17.8 Å². The molecule has 164 valence electrons. The van der Waals surface area contributed by atoms with Crippen molar-refractivity contribution in [3.05, 3.63) is 71.3 Å². The van der Waals surface area contributed by atoms with Gasteiger partial charge in [-0.25, -0.2) is 0 Å². The number of rotatable bonds is 4. The highest BCUT2D eigenvalue weighted by atomic mass is 16.5. The van der Waals surface area contributed by atoms with Crippen LogP contribution in [-0.4, -0.2) is 10.2 Å². The first-order valence-electron chi connectivity index (χ1n) is 9.93. The number of phenolic OH excluding ortho intramolecular Hbond substituents is 2. The second-order valence-corrected chi connectivity index (χ2v) is 7.21. The fourth-order valence-corrected chi connectivity index (χ4v) is 3.53. The Kier molecular flexibility index (Phi) is 5.54. The number of aromatic hydroxyl groups is 2. The molecule has 6 heteroatoms. The van der Waals surface area contributed by atoms with E-state index in [1.54, 1.807) is 30.3 Å². The van der Waals surface area contributed by atoms with Crippen LogP contribution in [0.1, 0.15) is 16.7 Å². The van der Waals surface area contributed by atoms with Gasteiger partial charge in [-0.1, -0.05) is 29.9 Å². The van der Waals surface area contributed by atoms with E-state index in [0.29, 0.717) is 44.7 Å². The minimum atomic E-state index is -0.0785. The molecular formula is C28H18N2O4. The van der Waals surface area contributed by atoms with E-state index < -0.39 is 0 Å². The molecule has 0 radical (unpaired) electrons. The third-order valence-electron chi connectivity index (χ3n) is 5.13. The summed E-state index contributed by atoms with van der Waals surface area (Å²) in [6.07, 6.45) is 17.5. The molecule has 0 aliphatic heterocycles. The molecule has 0 heterocycles. The number of ether oxygens (including phenoxy) is 2. The molecule has 4 aromatic carbocycles. The third-order valence-corrected chi connectivity index (χ3v) is 5.13. The first-order valence-corrected chi connectivity index (χ1v) is 9.93. The predicted octanol–water partition coefficient (Wildman–Crippen LogP) is 4.94. The van der Waals surface area contributed by atoms with Crippen molar-refractivity contribution in [3.63, 3.8) is 0 Å². The zero-order valence-corrected chi connectivity index (χ0v) is 17.8. The molecular weight excluding hydrogens is 428 g/mol. The minimum absolute atomic E-state index is 0.0632. The van der Waals surface area contributed by atoms with Crippen LogP contribution in [-0.2, 0) is 0 Å². The number of phenols is 2. The Morgan fingerprint density at radius 3 is 1.76 bits per heavy atom. The quantitative estimate of drug-likeness (QED) is 0.201. The van der Waals surface area contributed by atoms with Crippen molar-refractivity contribution in [1.29, 1.82) is 0 Å². The Labute approximate surface area is 196 Å². The number of anilines is 2. The van der Waals surface area contributed by atoms with E-state index in [-0.39, 0.29) is 28.6 Å². The Morgan fingerprint density at radius 1 is 0.676 bits per heavy atom. The molecule has 0 spiro atoms. The lowest BCUT2D eigenvalue weighted by Crippen LogP contribution is -2.00. The summed E-state index contributed by atoms with van der Waals surface area (Å²) in [5, 5.41) is 20.5. The summed E-state index contributed by atoms with van der Waals surface area (Å²) in [6.45, 7) is 0. The minimum Gasteiger partial charge on any atom is -0.506 e. The number of hydrogen-bond acceptors (Lipinski definition) is 6. The first-order chi connectivity index (χ1) is 16.4. The highest BCUT2D eigenvalue weighted by Gasteiger charge is 2.22. The second-order valence-electron chi connectivity index (χ2n) is 7.21. The van der Waals surface area contributed by atoms with Crippen LogP contribution in [0.4, 0.5) is 11.4 Å². The highest BCUT2D eigenvalue weighted by Crippen LogP contribution is 2.43. The summed E-state index contributed by atoms with van der Waals surface area (Å²) in [6, 6.07) is 14.1. The predicted molar refractivity (Wildman–Crippen MR) is 133 cm³/mol. The maximum atomic E-state index is 9.74. The molecule has 6 N–H and O–H groups in total. The number of terminal acetylenes is 3. The van der Waals surface area contributed by atoms with E-state index in [0.717, 1.165) is 0 Å². The SMILES string of the molecule is C#Cc1c(C#C)c(C#C)c2c(Oc3ccc(O)c(N)c3)cccc2c1Oc1ccc(O)c(N)c1. The van der Waals surface area contributed by atoms with Gasteiger partial charge in [0, 0.05) is 22.9 Å². The topological polar surface area (TPSA) is 111 Å². The van der Waals surface area contributed by atoms with Crippen LogP contribution in [0.2, 0.25) is 0 Å². The van der Waals surface area contributed by atoms with Crippen LogP contribution >= 0.6 is 0 Å². The zero-order chi connectivity index (χ0) is 24.4. The van der Waals surface area contributed by atoms with Crippen LogP contribution < -0.4 is 20.9 Å². The van der Waals surface area contributed by atoms with Gasteiger partial charge in [-0.15, -0.1) is 19.3 Å². The van der Waals surface area contributed by atoms with Crippen LogP contribution in [0.15, 0.2) is 54.6 Å². The van der Waals surface area contributed by atoms with Crippen LogP contribution in [0, 0.1) is 37.0 Å².